The second kappa shape index (κ2) is 8.18. The molecule has 1 saturated carbocycles. The molecule has 0 aromatic rings. The first-order valence-electron chi connectivity index (χ1n) is 7.75. The molecule has 1 rings (SSSR count). The first kappa shape index (κ1) is 17.7. The van der Waals surface area contributed by atoms with Crippen molar-refractivity contribution in [2.24, 2.45) is 5.92 Å². The lowest BCUT2D eigenvalue weighted by atomic mass is 9.78. The average molecular weight is 382 g/mol. The van der Waals surface area contributed by atoms with Gasteiger partial charge in [-0.05, 0) is 52.4 Å². The van der Waals surface area contributed by atoms with Gasteiger partial charge in [0.05, 0.1) is 24.4 Å². The van der Waals surface area contributed by atoms with Crippen molar-refractivity contribution in [1.82, 2.24) is 0 Å². The number of halogens is 1. The number of alkyl halides is 1. The number of hydrogen-bond acceptors (Lipinski definition) is 2. The highest BCUT2D eigenvalue weighted by Gasteiger charge is 2.34. The highest BCUT2D eigenvalue weighted by atomic mass is 127. The summed E-state index contributed by atoms with van der Waals surface area (Å²) in [5.74, 6) is 0.940. The van der Waals surface area contributed by atoms with Gasteiger partial charge in [0.2, 0.25) is 0 Å². The zero-order valence-corrected chi connectivity index (χ0v) is 15.3. The zero-order chi connectivity index (χ0) is 14.4. The van der Waals surface area contributed by atoms with E-state index in [2.05, 4.69) is 50.3 Å². The Labute approximate surface area is 133 Å². The smallest absolute Gasteiger partial charge is 0.0772 e. The molecule has 19 heavy (non-hydrogen) atoms. The van der Waals surface area contributed by atoms with Crippen LogP contribution in [-0.2, 0) is 9.47 Å². The Morgan fingerprint density at radius 2 is 1.79 bits per heavy atom. The van der Waals surface area contributed by atoms with Gasteiger partial charge in [0.15, 0.2) is 0 Å². The minimum Gasteiger partial charge on any atom is -0.373 e. The van der Waals surface area contributed by atoms with Crippen LogP contribution in [0.3, 0.4) is 0 Å². The van der Waals surface area contributed by atoms with E-state index in [0.29, 0.717) is 6.61 Å². The second-order valence-corrected chi connectivity index (χ2v) is 7.62. The number of rotatable bonds is 7. The summed E-state index contributed by atoms with van der Waals surface area (Å²) < 4.78 is 13.1. The lowest BCUT2D eigenvalue weighted by molar-refractivity contribution is -0.0988. The van der Waals surface area contributed by atoms with Crippen LogP contribution in [0.2, 0.25) is 0 Å². The third-order valence-electron chi connectivity index (χ3n) is 3.98. The molecular formula is C16H31IO2. The van der Waals surface area contributed by atoms with Gasteiger partial charge in [-0.3, -0.25) is 0 Å². The lowest BCUT2D eigenvalue weighted by Crippen LogP contribution is -2.40. The Morgan fingerprint density at radius 1 is 1.16 bits per heavy atom. The predicted molar refractivity (Wildman–Crippen MR) is 90.1 cm³/mol. The molecule has 0 spiro atoms. The molecule has 0 aliphatic heterocycles. The van der Waals surface area contributed by atoms with Crippen molar-refractivity contribution in [2.45, 2.75) is 77.4 Å². The van der Waals surface area contributed by atoms with Gasteiger partial charge >= 0.3 is 0 Å². The first-order chi connectivity index (χ1) is 8.91. The van der Waals surface area contributed by atoms with Gasteiger partial charge in [-0.25, -0.2) is 0 Å². The van der Waals surface area contributed by atoms with Crippen LogP contribution >= 0.6 is 22.6 Å². The van der Waals surface area contributed by atoms with Gasteiger partial charge < -0.3 is 9.47 Å². The fourth-order valence-electron chi connectivity index (χ4n) is 2.82. The Kier molecular flexibility index (Phi) is 7.62. The lowest BCUT2D eigenvalue weighted by Gasteiger charge is -2.39. The monoisotopic (exact) mass is 382 g/mol. The fraction of sp³-hybridized carbons (Fsp3) is 1.00. The Hall–Kier alpha value is 0.650. The summed E-state index contributed by atoms with van der Waals surface area (Å²) in [6.45, 7) is 10.0. The maximum absolute atomic E-state index is 6.21. The molecule has 0 saturated heterocycles. The van der Waals surface area contributed by atoms with Crippen LogP contribution in [0, 0.1) is 5.92 Å². The molecule has 0 atom stereocenters. The third kappa shape index (κ3) is 6.76. The summed E-state index contributed by atoms with van der Waals surface area (Å²) in [7, 11) is 0. The molecule has 1 aliphatic rings. The summed E-state index contributed by atoms with van der Waals surface area (Å²) in [5.41, 5.74) is 0.0751. The van der Waals surface area contributed by atoms with Crippen molar-refractivity contribution in [3.8, 4) is 0 Å². The van der Waals surface area contributed by atoms with E-state index < -0.39 is 0 Å². The summed E-state index contributed by atoms with van der Waals surface area (Å²) in [6, 6.07) is 0. The Balaban J connectivity index is 2.29. The fourth-order valence-corrected chi connectivity index (χ4v) is 3.81. The van der Waals surface area contributed by atoms with E-state index in [0.717, 1.165) is 17.0 Å². The first-order valence-corrected chi connectivity index (χ1v) is 9.27. The average Bonchev–Trinajstić information content (AvgIpc) is 2.36. The third-order valence-corrected chi connectivity index (χ3v) is 5.37. The van der Waals surface area contributed by atoms with Crippen molar-refractivity contribution >= 4 is 22.6 Å². The van der Waals surface area contributed by atoms with Crippen LogP contribution in [0.1, 0.15) is 66.2 Å². The number of ether oxygens (including phenoxy) is 2. The van der Waals surface area contributed by atoms with Crippen LogP contribution in [0.4, 0.5) is 0 Å². The van der Waals surface area contributed by atoms with Crippen LogP contribution in [0.25, 0.3) is 0 Å². The van der Waals surface area contributed by atoms with E-state index in [4.69, 9.17) is 9.47 Å². The summed E-state index contributed by atoms with van der Waals surface area (Å²) in [6.07, 6.45) is 7.87. The second-order valence-electron chi connectivity index (χ2n) is 6.86. The van der Waals surface area contributed by atoms with Crippen molar-refractivity contribution in [2.75, 3.05) is 17.6 Å². The standard InChI is InChI=1S/C16H31IO2/c1-5-6-14-7-9-16(13-17,10-8-14)19-12-11-18-15(2,3)4/h14H,5-13H2,1-4H3. The van der Waals surface area contributed by atoms with Gasteiger partial charge in [0, 0.05) is 4.43 Å². The van der Waals surface area contributed by atoms with Crippen molar-refractivity contribution < 1.29 is 9.47 Å². The highest BCUT2D eigenvalue weighted by Crippen LogP contribution is 2.38. The van der Waals surface area contributed by atoms with Gasteiger partial charge in [-0.1, -0.05) is 42.4 Å². The van der Waals surface area contributed by atoms with E-state index in [1.807, 2.05) is 0 Å². The van der Waals surface area contributed by atoms with Crippen LogP contribution < -0.4 is 0 Å². The minimum absolute atomic E-state index is 0.0559. The predicted octanol–water partition coefficient (Wildman–Crippen LogP) is 4.98. The van der Waals surface area contributed by atoms with E-state index in [9.17, 15) is 0 Å². The minimum atomic E-state index is -0.0559. The highest BCUT2D eigenvalue weighted by molar-refractivity contribution is 14.1. The van der Waals surface area contributed by atoms with E-state index in [1.54, 1.807) is 0 Å². The molecule has 2 nitrogen and oxygen atoms in total. The molecule has 0 unspecified atom stereocenters. The maximum atomic E-state index is 6.21. The molecule has 0 amide bonds. The molecule has 0 heterocycles. The summed E-state index contributed by atoms with van der Waals surface area (Å²) in [4.78, 5) is 0. The SMILES string of the molecule is CCCC1CCC(CI)(OCCOC(C)(C)C)CC1. The van der Waals surface area contributed by atoms with Crippen LogP contribution in [0.15, 0.2) is 0 Å². The van der Waals surface area contributed by atoms with Gasteiger partial charge in [-0.15, -0.1) is 0 Å². The number of hydrogen-bond donors (Lipinski definition) is 0. The van der Waals surface area contributed by atoms with Crippen molar-refractivity contribution in [3.05, 3.63) is 0 Å². The van der Waals surface area contributed by atoms with Gasteiger partial charge in [-0.2, -0.15) is 0 Å². The quantitative estimate of drug-likeness (QED) is 0.351. The molecule has 1 fully saturated rings. The Morgan fingerprint density at radius 3 is 2.26 bits per heavy atom. The molecule has 1 aliphatic carbocycles. The molecule has 0 radical (unpaired) electrons. The molecule has 0 N–H and O–H groups in total. The molecule has 0 bridgehead atoms. The molecular weight excluding hydrogens is 351 g/mol. The topological polar surface area (TPSA) is 18.5 Å². The molecule has 114 valence electrons. The van der Waals surface area contributed by atoms with Gasteiger partial charge in [0.1, 0.15) is 0 Å². The van der Waals surface area contributed by atoms with E-state index in [1.165, 1.54) is 38.5 Å². The van der Waals surface area contributed by atoms with Crippen molar-refractivity contribution in [3.63, 3.8) is 0 Å². The summed E-state index contributed by atoms with van der Waals surface area (Å²) in [5, 5.41) is 0. The van der Waals surface area contributed by atoms with E-state index >= 15 is 0 Å². The maximum Gasteiger partial charge on any atom is 0.0772 e. The van der Waals surface area contributed by atoms with Gasteiger partial charge in [0.25, 0.3) is 0 Å². The zero-order valence-electron chi connectivity index (χ0n) is 13.1. The van der Waals surface area contributed by atoms with Crippen LogP contribution in [0.5, 0.6) is 0 Å². The molecule has 0 aromatic heterocycles. The largest absolute Gasteiger partial charge is 0.373 e. The van der Waals surface area contributed by atoms with Crippen molar-refractivity contribution in [1.29, 1.82) is 0 Å². The van der Waals surface area contributed by atoms with Crippen LogP contribution in [-0.4, -0.2) is 28.8 Å². The van der Waals surface area contributed by atoms with E-state index in [-0.39, 0.29) is 11.2 Å². The normalized spacial score (nSPS) is 28.6. The Bertz CT molecular complexity index is 240. The summed E-state index contributed by atoms with van der Waals surface area (Å²) >= 11 is 2.49. The molecule has 0 aromatic carbocycles. The molecule has 3 heteroatoms.